The Kier molecular flexibility index (Phi) is 8.44. The molecule has 1 aromatic heterocycles. The smallest absolute Gasteiger partial charge is 0.419 e. The molecule has 206 valence electrons. The van der Waals surface area contributed by atoms with E-state index in [-0.39, 0.29) is 35.4 Å². The van der Waals surface area contributed by atoms with Crippen molar-refractivity contribution < 1.29 is 32.3 Å². The van der Waals surface area contributed by atoms with E-state index < -0.39 is 58.8 Å². The first-order chi connectivity index (χ1) is 17.6. The predicted molar refractivity (Wildman–Crippen MR) is 134 cm³/mol. The van der Waals surface area contributed by atoms with Gasteiger partial charge in [0.15, 0.2) is 5.78 Å². The standard InChI is InChI=1S/C27H33F3N4O4/c1-14-8-18-21(20(9-14)38-5)22(27(28,29)30)23(34-18)19(35)11-16(12-26(2,3)4)25(37)33-17(13-31)10-15-6-7-32-24(15)36/h8-9,15-17,34H,6-7,10-12H2,1-5H3,(H,32,36)(H,33,37)/t15-,16-,17-/m0/s1. The number of fused-ring (bicyclic) bond motifs is 1. The molecule has 0 spiro atoms. The molecule has 1 aliphatic heterocycles. The van der Waals surface area contributed by atoms with E-state index >= 15 is 0 Å². The molecule has 38 heavy (non-hydrogen) atoms. The number of H-pyrrole nitrogens is 1. The molecule has 2 heterocycles. The van der Waals surface area contributed by atoms with Crippen LogP contribution in [0.5, 0.6) is 5.75 Å². The maximum Gasteiger partial charge on any atom is 0.419 e. The Labute approximate surface area is 219 Å². The Morgan fingerprint density at radius 1 is 1.26 bits per heavy atom. The van der Waals surface area contributed by atoms with Crippen molar-refractivity contribution in [2.24, 2.45) is 17.3 Å². The van der Waals surface area contributed by atoms with Crippen LogP contribution in [-0.4, -0.2) is 42.3 Å². The number of aromatic amines is 1. The monoisotopic (exact) mass is 534 g/mol. The number of aryl methyl sites for hydroxylation is 1. The Hall–Kier alpha value is -3.55. The first kappa shape index (κ1) is 29.0. The van der Waals surface area contributed by atoms with E-state index in [4.69, 9.17) is 4.74 Å². The Morgan fingerprint density at radius 3 is 2.47 bits per heavy atom. The number of hydrogen-bond donors (Lipinski definition) is 3. The third-order valence-corrected chi connectivity index (χ3v) is 6.61. The predicted octanol–water partition coefficient (Wildman–Crippen LogP) is 4.66. The summed E-state index contributed by atoms with van der Waals surface area (Å²) in [4.78, 5) is 41.1. The molecule has 0 unspecified atom stereocenters. The van der Waals surface area contributed by atoms with Gasteiger partial charge in [-0.1, -0.05) is 20.8 Å². The Bertz CT molecular complexity index is 1270. The van der Waals surface area contributed by atoms with Crippen LogP contribution in [0.2, 0.25) is 0 Å². The lowest BCUT2D eigenvalue weighted by atomic mass is 9.81. The number of alkyl halides is 3. The Morgan fingerprint density at radius 2 is 1.95 bits per heavy atom. The number of Topliss-reactive ketones (excluding diaryl/α,β-unsaturated/α-hetero) is 1. The van der Waals surface area contributed by atoms with Gasteiger partial charge in [-0.2, -0.15) is 18.4 Å². The molecule has 0 saturated carbocycles. The number of ketones is 1. The molecule has 1 fully saturated rings. The third kappa shape index (κ3) is 6.65. The first-order valence-corrected chi connectivity index (χ1v) is 12.4. The number of amides is 2. The fourth-order valence-electron chi connectivity index (χ4n) is 5.00. The number of nitriles is 1. The molecule has 3 rings (SSSR count). The SMILES string of the molecule is COc1cc(C)cc2[nH]c(C(=O)C[C@@H](CC(C)(C)C)C(=O)N[C@H](C#N)C[C@@H]3CCNC3=O)c(C(F)(F)F)c12. The van der Waals surface area contributed by atoms with Crippen molar-refractivity contribution in [3.63, 3.8) is 0 Å². The quantitative estimate of drug-likeness (QED) is 0.404. The summed E-state index contributed by atoms with van der Waals surface area (Å²) in [7, 11) is 1.26. The average molecular weight is 535 g/mol. The number of rotatable bonds is 9. The van der Waals surface area contributed by atoms with E-state index in [1.165, 1.54) is 19.2 Å². The summed E-state index contributed by atoms with van der Waals surface area (Å²) in [6.07, 6.45) is -4.51. The van der Waals surface area contributed by atoms with E-state index in [0.717, 1.165) is 0 Å². The number of carbonyl (C=O) groups is 3. The second-order valence-electron chi connectivity index (χ2n) is 11.1. The van der Waals surface area contributed by atoms with Gasteiger partial charge in [-0.3, -0.25) is 14.4 Å². The van der Waals surface area contributed by atoms with Crippen LogP contribution in [0, 0.1) is 35.5 Å². The van der Waals surface area contributed by atoms with Gasteiger partial charge >= 0.3 is 6.18 Å². The van der Waals surface area contributed by atoms with Gasteiger partial charge in [0.25, 0.3) is 0 Å². The van der Waals surface area contributed by atoms with Crippen molar-refractivity contribution in [3.05, 3.63) is 29.0 Å². The third-order valence-electron chi connectivity index (χ3n) is 6.61. The van der Waals surface area contributed by atoms with Gasteiger partial charge in [-0.25, -0.2) is 0 Å². The van der Waals surface area contributed by atoms with Crippen molar-refractivity contribution in [3.8, 4) is 11.8 Å². The molecule has 3 N–H and O–H groups in total. The van der Waals surface area contributed by atoms with Gasteiger partial charge in [0.1, 0.15) is 11.8 Å². The number of nitrogens with zero attached hydrogens (tertiary/aromatic N) is 1. The van der Waals surface area contributed by atoms with E-state index in [1.807, 2.05) is 26.8 Å². The minimum Gasteiger partial charge on any atom is -0.496 e. The second-order valence-corrected chi connectivity index (χ2v) is 11.1. The molecule has 2 amide bonds. The van der Waals surface area contributed by atoms with Gasteiger partial charge in [0.05, 0.1) is 35.3 Å². The van der Waals surface area contributed by atoms with Crippen LogP contribution < -0.4 is 15.4 Å². The average Bonchev–Trinajstić information content (AvgIpc) is 3.39. The summed E-state index contributed by atoms with van der Waals surface area (Å²) in [5.74, 6) is -3.10. The fourth-order valence-corrected chi connectivity index (χ4v) is 5.00. The molecule has 8 nitrogen and oxygen atoms in total. The van der Waals surface area contributed by atoms with Crippen molar-refractivity contribution in [1.82, 2.24) is 15.6 Å². The van der Waals surface area contributed by atoms with E-state index in [2.05, 4.69) is 15.6 Å². The summed E-state index contributed by atoms with van der Waals surface area (Å²) < 4.78 is 47.9. The van der Waals surface area contributed by atoms with Crippen LogP contribution in [0.1, 0.15) is 68.1 Å². The zero-order chi connectivity index (χ0) is 28.4. The summed E-state index contributed by atoms with van der Waals surface area (Å²) in [6, 6.07) is 3.97. The molecule has 11 heteroatoms. The molecule has 3 atom stereocenters. The summed E-state index contributed by atoms with van der Waals surface area (Å²) in [6.45, 7) is 7.73. The van der Waals surface area contributed by atoms with Gasteiger partial charge in [-0.15, -0.1) is 0 Å². The van der Waals surface area contributed by atoms with Crippen molar-refractivity contribution >= 4 is 28.5 Å². The number of hydrogen-bond acceptors (Lipinski definition) is 5. The van der Waals surface area contributed by atoms with Gasteiger partial charge in [0, 0.05) is 24.8 Å². The number of nitrogens with one attached hydrogen (secondary N) is 3. The van der Waals surface area contributed by atoms with Crippen LogP contribution in [0.4, 0.5) is 13.2 Å². The molecule has 2 aromatic rings. The minimum atomic E-state index is -4.86. The number of aromatic nitrogens is 1. The molecule has 1 aromatic carbocycles. The van der Waals surface area contributed by atoms with Crippen LogP contribution in [0.25, 0.3) is 10.9 Å². The first-order valence-electron chi connectivity index (χ1n) is 12.4. The molecule has 1 aliphatic rings. The highest BCUT2D eigenvalue weighted by Gasteiger charge is 2.41. The van der Waals surface area contributed by atoms with Crippen molar-refractivity contribution in [2.45, 2.75) is 65.6 Å². The number of methoxy groups -OCH3 is 1. The molecule has 0 aliphatic carbocycles. The molecular weight excluding hydrogens is 501 g/mol. The highest BCUT2D eigenvalue weighted by atomic mass is 19.4. The van der Waals surface area contributed by atoms with Crippen LogP contribution in [0.15, 0.2) is 12.1 Å². The van der Waals surface area contributed by atoms with Gasteiger partial charge in [-0.05, 0) is 49.3 Å². The van der Waals surface area contributed by atoms with Crippen LogP contribution >= 0.6 is 0 Å². The fraction of sp³-hybridized carbons (Fsp3) is 0.556. The van der Waals surface area contributed by atoms with Crippen molar-refractivity contribution in [1.29, 1.82) is 5.26 Å². The molecular formula is C27H33F3N4O4. The summed E-state index contributed by atoms with van der Waals surface area (Å²) in [5.41, 5.74) is -1.46. The maximum atomic E-state index is 14.2. The molecule has 1 saturated heterocycles. The van der Waals surface area contributed by atoms with E-state index in [9.17, 15) is 32.8 Å². The summed E-state index contributed by atoms with van der Waals surface area (Å²) in [5, 5.41) is 14.6. The largest absolute Gasteiger partial charge is 0.496 e. The highest BCUT2D eigenvalue weighted by Crippen LogP contribution is 2.43. The molecule has 0 radical (unpaired) electrons. The lowest BCUT2D eigenvalue weighted by Gasteiger charge is -2.26. The lowest BCUT2D eigenvalue weighted by Crippen LogP contribution is -2.41. The summed E-state index contributed by atoms with van der Waals surface area (Å²) >= 11 is 0. The number of benzene rings is 1. The molecule has 0 bridgehead atoms. The van der Waals surface area contributed by atoms with Crippen LogP contribution in [-0.2, 0) is 15.8 Å². The Balaban J connectivity index is 1.93. The van der Waals surface area contributed by atoms with Crippen LogP contribution in [0.3, 0.4) is 0 Å². The van der Waals surface area contributed by atoms with Gasteiger partial charge < -0.3 is 20.4 Å². The minimum absolute atomic E-state index is 0.0144. The lowest BCUT2D eigenvalue weighted by molar-refractivity contribution is -0.136. The zero-order valence-corrected chi connectivity index (χ0v) is 22.1. The zero-order valence-electron chi connectivity index (χ0n) is 22.1. The number of carbonyl (C=O) groups excluding carboxylic acids is 3. The number of ether oxygens (including phenoxy) is 1. The maximum absolute atomic E-state index is 14.2. The number of halogens is 3. The van der Waals surface area contributed by atoms with Gasteiger partial charge in [0.2, 0.25) is 11.8 Å². The van der Waals surface area contributed by atoms with E-state index in [1.54, 1.807) is 6.92 Å². The van der Waals surface area contributed by atoms with E-state index in [0.29, 0.717) is 18.5 Å². The normalized spacial score (nSPS) is 17.6. The second kappa shape index (κ2) is 11.1. The highest BCUT2D eigenvalue weighted by molar-refractivity contribution is 6.05. The van der Waals surface area contributed by atoms with Crippen molar-refractivity contribution in [2.75, 3.05) is 13.7 Å². The topological polar surface area (TPSA) is 124 Å².